The Morgan fingerprint density at radius 3 is 2.35 bits per heavy atom. The van der Waals surface area contributed by atoms with Crippen molar-refractivity contribution >= 4 is 57.5 Å². The molecule has 1 aromatic carbocycles. The third-order valence-electron chi connectivity index (χ3n) is 5.34. The fraction of sp³-hybridized carbons (Fsp3) is 0.333. The van der Waals surface area contributed by atoms with Crippen molar-refractivity contribution in [1.29, 1.82) is 0 Å². The van der Waals surface area contributed by atoms with E-state index in [1.807, 2.05) is 0 Å². The van der Waals surface area contributed by atoms with Crippen LogP contribution >= 0.6 is 23.1 Å². The van der Waals surface area contributed by atoms with E-state index in [9.17, 15) is 29.3 Å². The number of hydrogen-bond acceptors (Lipinski definition) is 12. The van der Waals surface area contributed by atoms with E-state index in [1.54, 1.807) is 32.4 Å². The summed E-state index contributed by atoms with van der Waals surface area (Å²) in [5.41, 5.74) is 0.578. The summed E-state index contributed by atoms with van der Waals surface area (Å²) in [6.07, 6.45) is 0. The van der Waals surface area contributed by atoms with Crippen molar-refractivity contribution in [2.45, 2.75) is 32.5 Å². The topological polar surface area (TPSA) is 185 Å². The van der Waals surface area contributed by atoms with E-state index >= 15 is 0 Å². The van der Waals surface area contributed by atoms with Gasteiger partial charge in [0.15, 0.2) is 11.0 Å². The highest BCUT2D eigenvalue weighted by atomic mass is 32.2. The molecule has 0 saturated heterocycles. The second-order valence-electron chi connectivity index (χ2n) is 7.98. The minimum absolute atomic E-state index is 0.0279. The number of nitro benzene ring substituents is 1. The fourth-order valence-corrected chi connectivity index (χ4v) is 5.19. The highest BCUT2D eigenvalue weighted by molar-refractivity contribution is 7.99. The lowest BCUT2D eigenvalue weighted by Gasteiger charge is -2.08. The molecule has 40 heavy (non-hydrogen) atoms. The van der Waals surface area contributed by atoms with Crippen LogP contribution in [-0.4, -0.2) is 62.4 Å². The zero-order chi connectivity index (χ0) is 29.4. The Morgan fingerprint density at radius 1 is 1.07 bits per heavy atom. The molecule has 3 aromatic rings. The van der Waals surface area contributed by atoms with Gasteiger partial charge in [-0.25, -0.2) is 9.59 Å². The molecule has 0 bridgehead atoms. The summed E-state index contributed by atoms with van der Waals surface area (Å²) < 4.78 is 11.7. The minimum Gasteiger partial charge on any atom is -0.462 e. The summed E-state index contributed by atoms with van der Waals surface area (Å²) in [7, 11) is 1.67. The van der Waals surface area contributed by atoms with Gasteiger partial charge in [-0.1, -0.05) is 11.8 Å². The zero-order valence-corrected chi connectivity index (χ0v) is 23.6. The van der Waals surface area contributed by atoms with Gasteiger partial charge in [-0.3, -0.25) is 19.7 Å². The maximum atomic E-state index is 12.7. The minimum atomic E-state index is -0.663. The highest BCUT2D eigenvalue weighted by Gasteiger charge is 2.27. The molecule has 2 heterocycles. The van der Waals surface area contributed by atoms with Crippen molar-refractivity contribution in [2.24, 2.45) is 7.05 Å². The summed E-state index contributed by atoms with van der Waals surface area (Å²) in [5, 5.41) is 24.8. The van der Waals surface area contributed by atoms with E-state index in [0.29, 0.717) is 16.5 Å². The van der Waals surface area contributed by atoms with Gasteiger partial charge in [-0.15, -0.1) is 21.5 Å². The predicted molar refractivity (Wildman–Crippen MR) is 146 cm³/mol. The molecule has 0 unspecified atom stereocenters. The Bertz CT molecular complexity index is 1430. The number of benzene rings is 1. The molecule has 0 spiro atoms. The van der Waals surface area contributed by atoms with Crippen LogP contribution in [-0.2, 0) is 27.9 Å². The lowest BCUT2D eigenvalue weighted by molar-refractivity contribution is -0.384. The van der Waals surface area contributed by atoms with Gasteiger partial charge in [0, 0.05) is 24.7 Å². The Morgan fingerprint density at radius 2 is 1.73 bits per heavy atom. The van der Waals surface area contributed by atoms with Gasteiger partial charge in [0.2, 0.25) is 5.91 Å². The number of thiophene rings is 1. The van der Waals surface area contributed by atoms with Gasteiger partial charge >= 0.3 is 11.9 Å². The molecule has 0 atom stereocenters. The largest absolute Gasteiger partial charge is 0.462 e. The predicted octanol–water partition coefficient (Wildman–Crippen LogP) is 3.11. The first-order valence-electron chi connectivity index (χ1n) is 11.9. The van der Waals surface area contributed by atoms with E-state index in [-0.39, 0.29) is 52.2 Å². The van der Waals surface area contributed by atoms with E-state index in [2.05, 4.69) is 20.8 Å². The first-order valence-corrected chi connectivity index (χ1v) is 13.7. The van der Waals surface area contributed by atoms with Crippen LogP contribution in [0.4, 0.5) is 10.7 Å². The summed E-state index contributed by atoms with van der Waals surface area (Å²) in [5.74, 6) is -1.84. The van der Waals surface area contributed by atoms with E-state index in [1.165, 1.54) is 24.3 Å². The zero-order valence-electron chi connectivity index (χ0n) is 22.0. The van der Waals surface area contributed by atoms with Crippen molar-refractivity contribution in [3.05, 3.63) is 61.8 Å². The number of anilines is 1. The van der Waals surface area contributed by atoms with Crippen LogP contribution < -0.4 is 10.6 Å². The molecule has 0 aliphatic carbocycles. The summed E-state index contributed by atoms with van der Waals surface area (Å²) in [4.78, 5) is 60.4. The number of aromatic nitrogens is 3. The maximum Gasteiger partial charge on any atom is 0.348 e. The van der Waals surface area contributed by atoms with Crippen LogP contribution in [0.5, 0.6) is 0 Å². The van der Waals surface area contributed by atoms with Crippen LogP contribution in [0.2, 0.25) is 0 Å². The SMILES string of the molecule is CCOC(=O)c1sc(NC(=O)CSc2nnc(CNC(=O)c3ccc([N+](=O)[O-])cc3)n2C)c(C(=O)OCC)c1C. The number of ether oxygens (including phenoxy) is 2. The number of carbonyl (C=O) groups excluding carboxylic acids is 4. The first kappa shape index (κ1) is 30.2. The Kier molecular flexibility index (Phi) is 10.3. The van der Waals surface area contributed by atoms with Crippen LogP contribution in [0.1, 0.15) is 55.6 Å². The molecule has 0 fully saturated rings. The molecule has 14 nitrogen and oxygen atoms in total. The molecule has 0 aliphatic heterocycles. The van der Waals surface area contributed by atoms with Gasteiger partial charge in [-0.05, 0) is 38.5 Å². The van der Waals surface area contributed by atoms with Gasteiger partial charge < -0.3 is 24.7 Å². The lowest BCUT2D eigenvalue weighted by atomic mass is 10.1. The van der Waals surface area contributed by atoms with Crippen molar-refractivity contribution in [3.8, 4) is 0 Å². The van der Waals surface area contributed by atoms with Crippen molar-refractivity contribution in [3.63, 3.8) is 0 Å². The van der Waals surface area contributed by atoms with Gasteiger partial charge in [-0.2, -0.15) is 0 Å². The summed E-state index contributed by atoms with van der Waals surface area (Å²) >= 11 is 2.01. The number of nitro groups is 1. The summed E-state index contributed by atoms with van der Waals surface area (Å²) in [6, 6.07) is 5.17. The average molecular weight is 591 g/mol. The van der Waals surface area contributed by atoms with E-state index in [4.69, 9.17) is 9.47 Å². The Labute approximate surface area is 236 Å². The van der Waals surface area contributed by atoms with Gasteiger partial charge in [0.1, 0.15) is 9.88 Å². The number of thioether (sulfide) groups is 1. The monoisotopic (exact) mass is 590 g/mol. The molecular formula is C24H26N6O8S2. The number of nitrogens with zero attached hydrogens (tertiary/aromatic N) is 4. The molecule has 2 aromatic heterocycles. The lowest BCUT2D eigenvalue weighted by Crippen LogP contribution is -2.24. The van der Waals surface area contributed by atoms with Crippen molar-refractivity contribution in [2.75, 3.05) is 24.3 Å². The number of amides is 2. The normalized spacial score (nSPS) is 10.6. The van der Waals surface area contributed by atoms with Crippen molar-refractivity contribution < 1.29 is 33.6 Å². The average Bonchev–Trinajstić information content (AvgIpc) is 3.44. The second kappa shape index (κ2) is 13.7. The number of non-ortho nitro benzene ring substituents is 1. The first-order chi connectivity index (χ1) is 19.1. The third-order valence-corrected chi connectivity index (χ3v) is 7.55. The molecule has 212 valence electrons. The molecule has 0 radical (unpaired) electrons. The third kappa shape index (κ3) is 7.20. The van der Waals surface area contributed by atoms with Crippen LogP contribution in [0.25, 0.3) is 0 Å². The second-order valence-corrected chi connectivity index (χ2v) is 9.95. The van der Waals surface area contributed by atoms with Crippen molar-refractivity contribution in [1.82, 2.24) is 20.1 Å². The molecule has 0 aliphatic rings. The number of rotatable bonds is 12. The molecule has 2 N–H and O–H groups in total. The van der Waals surface area contributed by atoms with Crippen LogP contribution in [0.3, 0.4) is 0 Å². The quantitative estimate of drug-likeness (QED) is 0.137. The number of nitrogens with one attached hydrogen (secondary N) is 2. The molecule has 2 amide bonds. The Balaban J connectivity index is 1.62. The smallest absolute Gasteiger partial charge is 0.348 e. The number of hydrogen-bond donors (Lipinski definition) is 2. The maximum absolute atomic E-state index is 12.7. The van der Waals surface area contributed by atoms with E-state index in [0.717, 1.165) is 23.1 Å². The highest BCUT2D eigenvalue weighted by Crippen LogP contribution is 2.34. The summed E-state index contributed by atoms with van der Waals surface area (Å²) in [6.45, 7) is 5.20. The van der Waals surface area contributed by atoms with E-state index < -0.39 is 28.7 Å². The van der Waals surface area contributed by atoms with Crippen LogP contribution in [0.15, 0.2) is 29.4 Å². The molecule has 3 rings (SSSR count). The van der Waals surface area contributed by atoms with Crippen LogP contribution in [0, 0.1) is 17.0 Å². The van der Waals surface area contributed by atoms with Gasteiger partial charge in [0.05, 0.1) is 36.0 Å². The molecule has 0 saturated carbocycles. The number of carbonyl (C=O) groups is 4. The van der Waals surface area contributed by atoms with Gasteiger partial charge in [0.25, 0.3) is 11.6 Å². The number of esters is 2. The molecule has 16 heteroatoms. The Hall–Kier alpha value is -4.31. The fourth-order valence-electron chi connectivity index (χ4n) is 3.36. The molecular weight excluding hydrogens is 564 g/mol. The standard InChI is InChI=1S/C24H26N6O8S2/c1-5-37-22(33)18-13(3)19(23(34)38-6-2)40-21(18)26-17(31)12-39-24-28-27-16(29(24)4)11-25-20(32)14-7-9-15(10-8-14)30(35)36/h7-10H,5-6,11-12H2,1-4H3,(H,25,32)(H,26,31).